The molecule has 1 aromatic heterocycles. The average Bonchev–Trinajstić information content (AvgIpc) is 3.46. The summed E-state index contributed by atoms with van der Waals surface area (Å²) < 4.78 is 65.7. The molecule has 1 atom stereocenters. The van der Waals surface area contributed by atoms with Crippen LogP contribution in [0.2, 0.25) is 0 Å². The summed E-state index contributed by atoms with van der Waals surface area (Å²) in [5.74, 6) is 0.492. The highest BCUT2D eigenvalue weighted by molar-refractivity contribution is 7.98. The van der Waals surface area contributed by atoms with Crippen molar-refractivity contribution in [2.24, 2.45) is 0 Å². The first-order valence-corrected chi connectivity index (χ1v) is 14.0. The Hall–Kier alpha value is -2.21. The Balaban J connectivity index is 1.68. The molecule has 3 aromatic rings. The number of nitrogens with zero attached hydrogens (tertiary/aromatic N) is 3. The van der Waals surface area contributed by atoms with Crippen molar-refractivity contribution in [3.8, 4) is 5.75 Å². The molecule has 4 rings (SSSR count). The van der Waals surface area contributed by atoms with Gasteiger partial charge in [0.15, 0.2) is 5.16 Å². The fourth-order valence-electron chi connectivity index (χ4n) is 4.22. The summed E-state index contributed by atoms with van der Waals surface area (Å²) >= 11 is 1.39. The number of rotatable bonds is 11. The summed E-state index contributed by atoms with van der Waals surface area (Å²) in [4.78, 5) is 4.94. The van der Waals surface area contributed by atoms with Crippen molar-refractivity contribution in [3.05, 3.63) is 48.0 Å². The first-order valence-electron chi connectivity index (χ1n) is 11.6. The molecule has 0 saturated carbocycles. The SMILES string of the molecule is CCN(CC)S(=O)(=O)c1ccc2c(c1)nc(SCc1ccccc1OC(F)F)n2C[C@H]1CCCO1. The van der Waals surface area contributed by atoms with Crippen molar-refractivity contribution >= 4 is 32.8 Å². The number of para-hydroxylation sites is 1. The molecule has 0 radical (unpaired) electrons. The van der Waals surface area contributed by atoms with Gasteiger partial charge in [-0.1, -0.05) is 43.8 Å². The highest BCUT2D eigenvalue weighted by atomic mass is 32.2. The minimum Gasteiger partial charge on any atom is -0.435 e. The van der Waals surface area contributed by atoms with Crippen LogP contribution in [0.1, 0.15) is 32.3 Å². The molecule has 11 heteroatoms. The number of imidazole rings is 1. The zero-order valence-electron chi connectivity index (χ0n) is 19.7. The summed E-state index contributed by atoms with van der Waals surface area (Å²) in [6, 6.07) is 11.7. The number of sulfonamides is 1. The van der Waals surface area contributed by atoms with Crippen LogP contribution in [0.15, 0.2) is 52.5 Å². The number of alkyl halides is 2. The van der Waals surface area contributed by atoms with E-state index >= 15 is 0 Å². The molecule has 190 valence electrons. The zero-order valence-corrected chi connectivity index (χ0v) is 21.3. The van der Waals surface area contributed by atoms with E-state index in [9.17, 15) is 17.2 Å². The van der Waals surface area contributed by atoms with Crippen LogP contribution in [0.5, 0.6) is 5.75 Å². The fraction of sp³-hybridized carbons (Fsp3) is 0.458. The first-order chi connectivity index (χ1) is 16.8. The Bertz CT molecular complexity index is 1260. The minimum absolute atomic E-state index is 0.0419. The van der Waals surface area contributed by atoms with Gasteiger partial charge in [-0.05, 0) is 37.1 Å². The highest BCUT2D eigenvalue weighted by Crippen LogP contribution is 2.33. The van der Waals surface area contributed by atoms with E-state index in [4.69, 9.17) is 9.72 Å². The number of fused-ring (bicyclic) bond motifs is 1. The summed E-state index contributed by atoms with van der Waals surface area (Å²) in [5.41, 5.74) is 1.99. The fourth-order valence-corrected chi connectivity index (χ4v) is 6.71. The maximum absolute atomic E-state index is 13.0. The number of ether oxygens (including phenoxy) is 2. The molecule has 0 spiro atoms. The van der Waals surface area contributed by atoms with E-state index in [1.165, 1.54) is 22.1 Å². The van der Waals surface area contributed by atoms with Crippen molar-refractivity contribution in [1.82, 2.24) is 13.9 Å². The third-order valence-electron chi connectivity index (χ3n) is 5.98. The van der Waals surface area contributed by atoms with Gasteiger partial charge >= 0.3 is 6.61 Å². The van der Waals surface area contributed by atoms with Crippen LogP contribution < -0.4 is 4.74 Å². The second-order valence-electron chi connectivity index (χ2n) is 8.15. The molecule has 0 amide bonds. The zero-order chi connectivity index (χ0) is 25.0. The van der Waals surface area contributed by atoms with Crippen molar-refractivity contribution in [2.75, 3.05) is 19.7 Å². The van der Waals surface area contributed by atoms with Crippen LogP contribution in [-0.4, -0.2) is 54.7 Å². The topological polar surface area (TPSA) is 73.7 Å². The van der Waals surface area contributed by atoms with Gasteiger partial charge in [0.25, 0.3) is 0 Å². The summed E-state index contributed by atoms with van der Waals surface area (Å²) in [7, 11) is -3.63. The molecule has 0 bridgehead atoms. The van der Waals surface area contributed by atoms with Crippen molar-refractivity contribution in [1.29, 1.82) is 0 Å². The predicted octanol–water partition coefficient (Wildman–Crippen LogP) is 5.14. The molecule has 1 aliphatic heterocycles. The van der Waals surface area contributed by atoms with Gasteiger partial charge in [-0.15, -0.1) is 0 Å². The van der Waals surface area contributed by atoms with Crippen molar-refractivity contribution in [2.45, 2.75) is 61.8 Å². The number of aromatic nitrogens is 2. The summed E-state index contributed by atoms with van der Waals surface area (Å²) in [6.45, 7) is 2.76. The Labute approximate surface area is 208 Å². The standard InChI is InChI=1S/C24H29F2N3O4S2/c1-3-28(4-2)35(30,31)19-11-12-21-20(14-19)27-24(29(21)15-18-9-7-13-32-18)34-16-17-8-5-6-10-22(17)33-23(25)26/h5-6,8,10-12,14,18,23H,3-4,7,9,13,15-16H2,1-2H3/t18-/m1/s1. The molecule has 0 N–H and O–H groups in total. The quantitative estimate of drug-likeness (QED) is 0.323. The van der Waals surface area contributed by atoms with Crippen LogP contribution in [0.4, 0.5) is 8.78 Å². The lowest BCUT2D eigenvalue weighted by atomic mass is 10.2. The highest BCUT2D eigenvalue weighted by Gasteiger charge is 2.25. The van der Waals surface area contributed by atoms with E-state index in [0.29, 0.717) is 48.2 Å². The first kappa shape index (κ1) is 25.9. The van der Waals surface area contributed by atoms with Crippen LogP contribution in [0.25, 0.3) is 11.0 Å². The van der Waals surface area contributed by atoms with Gasteiger partial charge in [0, 0.05) is 31.0 Å². The lowest BCUT2D eigenvalue weighted by molar-refractivity contribution is -0.0503. The number of hydrogen-bond donors (Lipinski definition) is 0. The lowest BCUT2D eigenvalue weighted by Crippen LogP contribution is -2.30. The molecule has 0 unspecified atom stereocenters. The van der Waals surface area contributed by atoms with E-state index < -0.39 is 16.6 Å². The van der Waals surface area contributed by atoms with Gasteiger partial charge in [0.2, 0.25) is 10.0 Å². The monoisotopic (exact) mass is 525 g/mol. The Kier molecular flexibility index (Phi) is 8.31. The molecule has 7 nitrogen and oxygen atoms in total. The van der Waals surface area contributed by atoms with E-state index in [1.807, 2.05) is 4.57 Å². The lowest BCUT2D eigenvalue weighted by Gasteiger charge is -2.18. The van der Waals surface area contributed by atoms with Crippen molar-refractivity contribution in [3.63, 3.8) is 0 Å². The number of thioether (sulfide) groups is 1. The second-order valence-corrected chi connectivity index (χ2v) is 11.0. The third kappa shape index (κ3) is 5.79. The molecule has 2 aromatic carbocycles. The van der Waals surface area contributed by atoms with E-state index in [2.05, 4.69) is 4.74 Å². The second kappa shape index (κ2) is 11.2. The van der Waals surface area contributed by atoms with E-state index in [0.717, 1.165) is 18.4 Å². The van der Waals surface area contributed by atoms with Gasteiger partial charge < -0.3 is 14.0 Å². The summed E-state index contributed by atoms with van der Waals surface area (Å²) in [5, 5.41) is 0.666. The van der Waals surface area contributed by atoms with Gasteiger partial charge in [-0.25, -0.2) is 13.4 Å². The molecular weight excluding hydrogens is 496 g/mol. The molecule has 1 saturated heterocycles. The van der Waals surface area contributed by atoms with Gasteiger partial charge in [-0.3, -0.25) is 0 Å². The number of benzene rings is 2. The molecule has 0 aliphatic carbocycles. The van der Waals surface area contributed by atoms with Crippen LogP contribution in [0.3, 0.4) is 0 Å². The smallest absolute Gasteiger partial charge is 0.387 e. The largest absolute Gasteiger partial charge is 0.435 e. The Morgan fingerprint density at radius 3 is 2.69 bits per heavy atom. The predicted molar refractivity (Wildman–Crippen MR) is 131 cm³/mol. The van der Waals surface area contributed by atoms with Gasteiger partial charge in [0.05, 0.1) is 28.6 Å². The van der Waals surface area contributed by atoms with E-state index in [1.54, 1.807) is 50.2 Å². The third-order valence-corrected chi connectivity index (χ3v) is 9.05. The number of hydrogen-bond acceptors (Lipinski definition) is 6. The van der Waals surface area contributed by atoms with Crippen molar-refractivity contribution < 1.29 is 26.7 Å². The average molecular weight is 526 g/mol. The van der Waals surface area contributed by atoms with Gasteiger partial charge in [-0.2, -0.15) is 13.1 Å². The maximum Gasteiger partial charge on any atom is 0.387 e. The van der Waals surface area contributed by atoms with Crippen LogP contribution in [-0.2, 0) is 27.1 Å². The minimum atomic E-state index is -3.63. The molecule has 2 heterocycles. The number of halogens is 2. The Morgan fingerprint density at radius 1 is 1.23 bits per heavy atom. The maximum atomic E-state index is 13.0. The van der Waals surface area contributed by atoms with Crippen LogP contribution in [0, 0.1) is 0 Å². The Morgan fingerprint density at radius 2 is 2.00 bits per heavy atom. The molecule has 35 heavy (non-hydrogen) atoms. The molecule has 1 fully saturated rings. The van der Waals surface area contributed by atoms with Gasteiger partial charge in [0.1, 0.15) is 5.75 Å². The molecule has 1 aliphatic rings. The van der Waals surface area contributed by atoms with E-state index in [-0.39, 0.29) is 16.7 Å². The summed E-state index contributed by atoms with van der Waals surface area (Å²) in [6.07, 6.45) is 1.97. The molecular formula is C24H29F2N3O4S2. The normalized spacial score (nSPS) is 16.6. The van der Waals surface area contributed by atoms with Crippen LogP contribution >= 0.6 is 11.8 Å².